The van der Waals surface area contributed by atoms with Crippen LogP contribution in [0.25, 0.3) is 0 Å². The van der Waals surface area contributed by atoms with Gasteiger partial charge in [0.25, 0.3) is 15.9 Å². The molecule has 4 rings (SSSR count). The van der Waals surface area contributed by atoms with E-state index in [-0.39, 0.29) is 35.0 Å². The molecule has 3 heterocycles. The van der Waals surface area contributed by atoms with Gasteiger partial charge in [0, 0.05) is 44.0 Å². The molecule has 33 heavy (non-hydrogen) atoms. The zero-order chi connectivity index (χ0) is 23.4. The molecule has 1 aromatic heterocycles. The monoisotopic (exact) mass is 491 g/mol. The Hall–Kier alpha value is -2.27. The third-order valence-corrected chi connectivity index (χ3v) is 9.40. The normalized spacial score (nSPS) is 18.3. The molecule has 8 nitrogen and oxygen atoms in total. The number of carbonyl (C=O) groups is 2. The number of rotatable bonds is 6. The Bertz CT molecular complexity index is 1100. The van der Waals surface area contributed by atoms with Crippen molar-refractivity contribution >= 4 is 33.2 Å². The van der Waals surface area contributed by atoms with Gasteiger partial charge in [0.2, 0.25) is 5.91 Å². The summed E-state index contributed by atoms with van der Waals surface area (Å²) in [5, 5.41) is 4.58. The van der Waals surface area contributed by atoms with E-state index in [1.54, 1.807) is 10.3 Å². The number of morpholine rings is 1. The van der Waals surface area contributed by atoms with Gasteiger partial charge >= 0.3 is 0 Å². The molecule has 0 spiro atoms. The predicted octanol–water partition coefficient (Wildman–Crippen LogP) is 2.25. The van der Waals surface area contributed by atoms with E-state index in [0.717, 1.165) is 22.5 Å². The zero-order valence-electron chi connectivity index (χ0n) is 18.7. The summed E-state index contributed by atoms with van der Waals surface area (Å²) in [7, 11) is -3.69. The molecule has 2 fully saturated rings. The molecule has 0 radical (unpaired) electrons. The Kier molecular flexibility index (Phi) is 7.48. The van der Waals surface area contributed by atoms with Crippen LogP contribution < -0.4 is 5.32 Å². The van der Waals surface area contributed by atoms with Crippen LogP contribution >= 0.6 is 11.3 Å². The minimum absolute atomic E-state index is 0.0388. The minimum atomic E-state index is -3.69. The average Bonchev–Trinajstić information content (AvgIpc) is 3.34. The molecule has 1 N–H and O–H groups in total. The molecule has 2 amide bonds. The first-order valence-corrected chi connectivity index (χ1v) is 13.5. The molecule has 0 aliphatic carbocycles. The van der Waals surface area contributed by atoms with Gasteiger partial charge in [-0.2, -0.15) is 4.31 Å². The lowest BCUT2D eigenvalue weighted by Gasteiger charge is -2.30. The van der Waals surface area contributed by atoms with Crippen molar-refractivity contribution in [2.45, 2.75) is 30.5 Å². The van der Waals surface area contributed by atoms with E-state index in [1.165, 1.54) is 10.4 Å². The molecule has 2 aromatic rings. The van der Waals surface area contributed by atoms with Crippen LogP contribution in [0.3, 0.4) is 0 Å². The molecule has 0 atom stereocenters. The Morgan fingerprint density at radius 3 is 2.55 bits per heavy atom. The third-order valence-electron chi connectivity index (χ3n) is 6.09. The van der Waals surface area contributed by atoms with Crippen LogP contribution in [0.5, 0.6) is 0 Å². The van der Waals surface area contributed by atoms with Crippen molar-refractivity contribution in [3.63, 3.8) is 0 Å². The highest BCUT2D eigenvalue weighted by molar-refractivity contribution is 7.91. The van der Waals surface area contributed by atoms with Gasteiger partial charge in [0.05, 0.1) is 18.8 Å². The average molecular weight is 492 g/mol. The largest absolute Gasteiger partial charge is 0.378 e. The van der Waals surface area contributed by atoms with E-state index < -0.39 is 10.0 Å². The number of nitrogens with zero attached hydrogens (tertiary/aromatic N) is 2. The fraction of sp³-hybridized carbons (Fsp3) is 0.478. The van der Waals surface area contributed by atoms with Crippen molar-refractivity contribution in [3.05, 3.63) is 52.4 Å². The number of hydrogen-bond acceptors (Lipinski definition) is 6. The molecule has 2 saturated heterocycles. The van der Waals surface area contributed by atoms with Crippen molar-refractivity contribution in [2.75, 3.05) is 39.4 Å². The molecule has 0 unspecified atom stereocenters. The minimum Gasteiger partial charge on any atom is -0.378 e. The van der Waals surface area contributed by atoms with Crippen LogP contribution in [0.4, 0.5) is 0 Å². The standard InChI is InChI=1S/C23H29N3O5S2/c1-17-3-2-4-18(13-17)15-24-22(27)19-5-7-26(8-6-19)33(29,30)21-14-20(16-32-21)23(28)25-9-11-31-12-10-25/h2-4,13-14,16,19H,5-12,15H2,1H3,(H,24,27). The van der Waals surface area contributed by atoms with Crippen molar-refractivity contribution in [1.29, 1.82) is 0 Å². The van der Waals surface area contributed by atoms with E-state index in [9.17, 15) is 18.0 Å². The number of sulfonamides is 1. The predicted molar refractivity (Wildman–Crippen MR) is 126 cm³/mol. The quantitative estimate of drug-likeness (QED) is 0.669. The summed E-state index contributed by atoms with van der Waals surface area (Å²) in [5.74, 6) is -0.411. The Labute approximate surface area is 198 Å². The molecule has 10 heteroatoms. The summed E-state index contributed by atoms with van der Waals surface area (Å²) in [4.78, 5) is 26.9. The van der Waals surface area contributed by atoms with Gasteiger partial charge in [0.1, 0.15) is 4.21 Å². The molecule has 2 aliphatic heterocycles. The highest BCUT2D eigenvalue weighted by Gasteiger charge is 2.33. The van der Waals surface area contributed by atoms with Gasteiger partial charge < -0.3 is 15.0 Å². The van der Waals surface area contributed by atoms with Crippen molar-refractivity contribution in [2.24, 2.45) is 5.92 Å². The number of benzene rings is 1. The number of hydrogen-bond donors (Lipinski definition) is 1. The van der Waals surface area contributed by atoms with Crippen LogP contribution in [0.2, 0.25) is 0 Å². The highest BCUT2D eigenvalue weighted by Crippen LogP contribution is 2.28. The first-order chi connectivity index (χ1) is 15.8. The zero-order valence-corrected chi connectivity index (χ0v) is 20.3. The number of amides is 2. The van der Waals surface area contributed by atoms with Gasteiger partial charge in [-0.1, -0.05) is 29.8 Å². The van der Waals surface area contributed by atoms with Gasteiger partial charge in [-0.3, -0.25) is 9.59 Å². The number of carbonyl (C=O) groups excluding carboxylic acids is 2. The van der Waals surface area contributed by atoms with Gasteiger partial charge in [0.15, 0.2) is 0 Å². The van der Waals surface area contributed by atoms with Crippen LogP contribution in [0, 0.1) is 12.8 Å². The fourth-order valence-electron chi connectivity index (χ4n) is 4.15. The van der Waals surface area contributed by atoms with Crippen LogP contribution in [0.15, 0.2) is 39.9 Å². The Morgan fingerprint density at radius 2 is 1.85 bits per heavy atom. The number of thiophene rings is 1. The first-order valence-electron chi connectivity index (χ1n) is 11.1. The van der Waals surface area contributed by atoms with Gasteiger partial charge in [-0.05, 0) is 31.4 Å². The molecular weight excluding hydrogens is 462 g/mol. The van der Waals surface area contributed by atoms with Crippen LogP contribution in [0.1, 0.15) is 34.3 Å². The number of aryl methyl sites for hydroxylation is 1. The maximum absolute atomic E-state index is 13.1. The maximum Gasteiger partial charge on any atom is 0.254 e. The van der Waals surface area contributed by atoms with Crippen molar-refractivity contribution < 1.29 is 22.7 Å². The van der Waals surface area contributed by atoms with E-state index in [2.05, 4.69) is 5.32 Å². The second-order valence-electron chi connectivity index (χ2n) is 8.44. The second-order valence-corrected chi connectivity index (χ2v) is 11.5. The lowest BCUT2D eigenvalue weighted by molar-refractivity contribution is -0.126. The Morgan fingerprint density at radius 1 is 1.12 bits per heavy atom. The van der Waals surface area contributed by atoms with Gasteiger partial charge in [-0.25, -0.2) is 8.42 Å². The highest BCUT2D eigenvalue weighted by atomic mass is 32.2. The lowest BCUT2D eigenvalue weighted by atomic mass is 9.97. The summed E-state index contributed by atoms with van der Waals surface area (Å²) in [6, 6.07) is 9.45. The topological polar surface area (TPSA) is 96.0 Å². The number of nitrogens with one attached hydrogen (secondary N) is 1. The summed E-state index contributed by atoms with van der Waals surface area (Å²) in [6.45, 7) is 5.06. The van der Waals surface area contributed by atoms with E-state index in [1.807, 2.05) is 31.2 Å². The molecule has 0 bridgehead atoms. The summed E-state index contributed by atoms with van der Waals surface area (Å²) in [5.41, 5.74) is 2.58. The second kappa shape index (κ2) is 10.3. The molecule has 2 aliphatic rings. The van der Waals surface area contributed by atoms with Gasteiger partial charge in [-0.15, -0.1) is 11.3 Å². The molecule has 1 aromatic carbocycles. The lowest BCUT2D eigenvalue weighted by Crippen LogP contribution is -2.42. The summed E-state index contributed by atoms with van der Waals surface area (Å²) in [6.07, 6.45) is 0.952. The molecule has 0 saturated carbocycles. The number of piperidine rings is 1. The van der Waals surface area contributed by atoms with Crippen LogP contribution in [-0.4, -0.2) is 68.8 Å². The smallest absolute Gasteiger partial charge is 0.254 e. The summed E-state index contributed by atoms with van der Waals surface area (Å²) < 4.78 is 33.1. The third kappa shape index (κ3) is 5.63. The maximum atomic E-state index is 13.1. The van der Waals surface area contributed by atoms with Crippen molar-refractivity contribution in [1.82, 2.24) is 14.5 Å². The molecular formula is C23H29N3O5S2. The van der Waals surface area contributed by atoms with Crippen molar-refractivity contribution in [3.8, 4) is 0 Å². The van der Waals surface area contributed by atoms with Crippen LogP contribution in [-0.2, 0) is 26.1 Å². The number of ether oxygens (including phenoxy) is 1. The van der Waals surface area contributed by atoms with E-state index >= 15 is 0 Å². The molecule has 178 valence electrons. The Balaban J connectivity index is 1.32. The first kappa shape index (κ1) is 23.9. The summed E-state index contributed by atoms with van der Waals surface area (Å²) >= 11 is 1.07. The SMILES string of the molecule is Cc1cccc(CNC(=O)C2CCN(S(=O)(=O)c3cc(C(=O)N4CCOCC4)cs3)CC2)c1. The fourth-order valence-corrected chi connectivity index (χ4v) is 6.93. The van der Waals surface area contributed by atoms with E-state index in [4.69, 9.17) is 4.74 Å². The van der Waals surface area contributed by atoms with E-state index in [0.29, 0.717) is 51.3 Å².